The first-order valence-electron chi connectivity index (χ1n) is 7.98. The molecule has 0 aliphatic carbocycles. The first-order chi connectivity index (χ1) is 12.2. The van der Waals surface area contributed by atoms with Crippen LogP contribution in [0, 0.1) is 6.92 Å². The first kappa shape index (κ1) is 17.0. The lowest BCUT2D eigenvalue weighted by atomic mass is 10.2. The molecule has 9 heteroatoms. The average molecular weight is 357 g/mol. The van der Waals surface area contributed by atoms with E-state index in [2.05, 4.69) is 38.0 Å². The molecule has 2 N–H and O–H groups in total. The Morgan fingerprint density at radius 1 is 1.28 bits per heavy atom. The van der Waals surface area contributed by atoms with E-state index in [-0.39, 0.29) is 6.03 Å². The lowest BCUT2D eigenvalue weighted by Gasteiger charge is -2.09. The van der Waals surface area contributed by atoms with E-state index in [0.717, 1.165) is 34.4 Å². The summed E-state index contributed by atoms with van der Waals surface area (Å²) in [6, 6.07) is 7.22. The summed E-state index contributed by atoms with van der Waals surface area (Å²) in [5.41, 5.74) is 1.61. The second-order valence-corrected chi connectivity index (χ2v) is 6.64. The van der Waals surface area contributed by atoms with Gasteiger partial charge in [-0.1, -0.05) is 30.4 Å². The molecule has 130 valence electrons. The summed E-state index contributed by atoms with van der Waals surface area (Å²) in [6.45, 7) is 5.14. The molecule has 0 spiro atoms. The highest BCUT2D eigenvalue weighted by atomic mass is 32.1. The molecule has 0 atom stereocenters. The van der Waals surface area contributed by atoms with Crippen molar-refractivity contribution in [3.8, 4) is 10.6 Å². The summed E-state index contributed by atoms with van der Waals surface area (Å²) in [6.07, 6.45) is 2.65. The molecule has 2 amide bonds. The topological polar surface area (TPSA) is 97.6 Å². The maximum absolute atomic E-state index is 12.1. The van der Waals surface area contributed by atoms with Crippen molar-refractivity contribution in [3.05, 3.63) is 41.4 Å². The third kappa shape index (κ3) is 4.38. The van der Waals surface area contributed by atoms with Crippen molar-refractivity contribution in [1.82, 2.24) is 30.3 Å². The molecule has 8 nitrogen and oxygen atoms in total. The molecule has 1 aromatic carbocycles. The zero-order valence-corrected chi connectivity index (χ0v) is 14.9. The van der Waals surface area contributed by atoms with Gasteiger partial charge < -0.3 is 15.2 Å². The number of anilines is 1. The van der Waals surface area contributed by atoms with Gasteiger partial charge in [0.2, 0.25) is 0 Å². The maximum Gasteiger partial charge on any atom is 0.319 e. The summed E-state index contributed by atoms with van der Waals surface area (Å²) in [4.78, 5) is 12.1. The van der Waals surface area contributed by atoms with Gasteiger partial charge >= 0.3 is 6.03 Å². The van der Waals surface area contributed by atoms with Gasteiger partial charge in [-0.2, -0.15) is 0 Å². The Morgan fingerprint density at radius 3 is 2.92 bits per heavy atom. The Bertz CT molecular complexity index is 858. The van der Waals surface area contributed by atoms with Crippen LogP contribution < -0.4 is 10.6 Å². The van der Waals surface area contributed by atoms with Crippen molar-refractivity contribution in [2.75, 3.05) is 5.32 Å². The van der Waals surface area contributed by atoms with Gasteiger partial charge in [-0.25, -0.2) is 4.79 Å². The van der Waals surface area contributed by atoms with Crippen LogP contribution in [0.25, 0.3) is 10.6 Å². The highest BCUT2D eigenvalue weighted by Crippen LogP contribution is 2.25. The molecule has 0 saturated heterocycles. The molecule has 0 unspecified atom stereocenters. The van der Waals surface area contributed by atoms with Gasteiger partial charge in [-0.15, -0.1) is 20.4 Å². The molecule has 0 bridgehead atoms. The third-order valence-corrected chi connectivity index (χ3v) is 4.35. The molecule has 2 aromatic heterocycles. The quantitative estimate of drug-likeness (QED) is 0.707. The summed E-state index contributed by atoms with van der Waals surface area (Å²) < 4.78 is 1.93. The van der Waals surface area contributed by atoms with Crippen LogP contribution in [0.4, 0.5) is 10.5 Å². The number of rotatable bonds is 6. The Kier molecular flexibility index (Phi) is 5.34. The summed E-state index contributed by atoms with van der Waals surface area (Å²) in [5.74, 6) is 0.732. The minimum Gasteiger partial charge on any atom is -0.331 e. The fourth-order valence-electron chi connectivity index (χ4n) is 2.32. The van der Waals surface area contributed by atoms with Crippen LogP contribution in [-0.4, -0.2) is 31.0 Å². The molecule has 0 saturated carbocycles. The number of aromatic nitrogens is 5. The number of carbonyl (C=O) groups is 1. The maximum atomic E-state index is 12.1. The number of hydrogen-bond donors (Lipinski definition) is 2. The van der Waals surface area contributed by atoms with Gasteiger partial charge in [0.15, 0.2) is 5.82 Å². The number of aryl methyl sites for hydroxylation is 2. The van der Waals surface area contributed by atoms with Crippen LogP contribution in [-0.2, 0) is 13.1 Å². The van der Waals surface area contributed by atoms with E-state index in [1.807, 2.05) is 35.8 Å². The fourth-order valence-corrected chi connectivity index (χ4v) is 3.01. The number of nitrogens with one attached hydrogen (secondary N) is 2. The Morgan fingerprint density at radius 2 is 2.16 bits per heavy atom. The van der Waals surface area contributed by atoms with E-state index < -0.39 is 0 Å². The number of nitrogens with zero attached hydrogens (tertiary/aromatic N) is 5. The lowest BCUT2D eigenvalue weighted by molar-refractivity contribution is 0.251. The molecule has 25 heavy (non-hydrogen) atoms. The van der Waals surface area contributed by atoms with Crippen molar-refractivity contribution < 1.29 is 4.79 Å². The molecule has 3 aromatic rings. The average Bonchev–Trinajstić information content (AvgIpc) is 3.23. The van der Waals surface area contributed by atoms with Crippen molar-refractivity contribution >= 4 is 23.1 Å². The SMILES string of the molecule is CCCn1cnnc1CNC(=O)Nc1cccc(-c2nnc(C)s2)c1. The number of urea groups is 1. The summed E-state index contributed by atoms with van der Waals surface area (Å²) >= 11 is 1.51. The van der Waals surface area contributed by atoms with Crippen LogP contribution >= 0.6 is 11.3 Å². The standard InChI is InChI=1S/C16H19N7OS/c1-3-7-23-10-18-21-14(23)9-17-16(24)19-13-6-4-5-12(8-13)15-22-20-11(2)25-15/h4-6,8,10H,3,7,9H2,1-2H3,(H2,17,19,24). The second kappa shape index (κ2) is 7.84. The molecular formula is C16H19N7OS. The zero-order chi connectivity index (χ0) is 17.6. The van der Waals surface area contributed by atoms with E-state index in [0.29, 0.717) is 12.2 Å². The zero-order valence-electron chi connectivity index (χ0n) is 14.1. The van der Waals surface area contributed by atoms with Gasteiger partial charge in [0.05, 0.1) is 6.54 Å². The van der Waals surface area contributed by atoms with Crippen molar-refractivity contribution in [3.63, 3.8) is 0 Å². The van der Waals surface area contributed by atoms with Crippen molar-refractivity contribution in [1.29, 1.82) is 0 Å². The number of carbonyl (C=O) groups excluding carboxylic acids is 1. The second-order valence-electron chi connectivity index (χ2n) is 5.46. The van der Waals surface area contributed by atoms with Gasteiger partial charge in [-0.3, -0.25) is 0 Å². The molecule has 3 rings (SSSR count). The molecule has 0 fully saturated rings. The van der Waals surface area contributed by atoms with Crippen molar-refractivity contribution in [2.24, 2.45) is 0 Å². The van der Waals surface area contributed by atoms with Crippen LogP contribution in [0.2, 0.25) is 0 Å². The highest BCUT2D eigenvalue weighted by molar-refractivity contribution is 7.14. The predicted molar refractivity (Wildman–Crippen MR) is 96.3 cm³/mol. The van der Waals surface area contributed by atoms with Crippen LogP contribution in [0.1, 0.15) is 24.2 Å². The van der Waals surface area contributed by atoms with E-state index in [1.54, 1.807) is 6.33 Å². The Hall–Kier alpha value is -2.81. The lowest BCUT2D eigenvalue weighted by Crippen LogP contribution is -2.29. The largest absolute Gasteiger partial charge is 0.331 e. The van der Waals surface area contributed by atoms with Gasteiger partial charge in [0, 0.05) is 17.8 Å². The number of hydrogen-bond acceptors (Lipinski definition) is 6. The van der Waals surface area contributed by atoms with E-state index in [1.165, 1.54) is 11.3 Å². The van der Waals surface area contributed by atoms with Crippen LogP contribution in [0.3, 0.4) is 0 Å². The Balaban J connectivity index is 1.60. The molecular weight excluding hydrogens is 338 g/mol. The minimum absolute atomic E-state index is 0.295. The van der Waals surface area contributed by atoms with Gasteiger partial charge in [0.25, 0.3) is 0 Å². The van der Waals surface area contributed by atoms with Gasteiger partial charge in [0.1, 0.15) is 16.3 Å². The first-order valence-corrected chi connectivity index (χ1v) is 8.79. The number of amides is 2. The summed E-state index contributed by atoms with van der Waals surface area (Å²) in [5, 5.41) is 23.4. The third-order valence-electron chi connectivity index (χ3n) is 3.46. The summed E-state index contributed by atoms with van der Waals surface area (Å²) in [7, 11) is 0. The van der Waals surface area contributed by atoms with E-state index in [4.69, 9.17) is 0 Å². The molecule has 0 aliphatic rings. The minimum atomic E-state index is -0.295. The van der Waals surface area contributed by atoms with E-state index in [9.17, 15) is 4.79 Å². The number of benzene rings is 1. The molecule has 2 heterocycles. The fraction of sp³-hybridized carbons (Fsp3) is 0.312. The van der Waals surface area contributed by atoms with Gasteiger partial charge in [-0.05, 0) is 25.5 Å². The monoisotopic (exact) mass is 357 g/mol. The highest BCUT2D eigenvalue weighted by Gasteiger charge is 2.08. The molecule has 0 aliphatic heterocycles. The Labute approximate surface area is 149 Å². The van der Waals surface area contributed by atoms with Crippen LogP contribution in [0.15, 0.2) is 30.6 Å². The van der Waals surface area contributed by atoms with Crippen LogP contribution in [0.5, 0.6) is 0 Å². The molecule has 0 radical (unpaired) electrons. The predicted octanol–water partition coefficient (Wildman–Crippen LogP) is 2.84. The van der Waals surface area contributed by atoms with E-state index >= 15 is 0 Å². The van der Waals surface area contributed by atoms with Crippen molar-refractivity contribution in [2.45, 2.75) is 33.4 Å². The smallest absolute Gasteiger partial charge is 0.319 e. The normalized spacial score (nSPS) is 10.6.